The van der Waals surface area contributed by atoms with E-state index in [-0.39, 0.29) is 35.7 Å². The van der Waals surface area contributed by atoms with Crippen LogP contribution in [-0.4, -0.2) is 55.6 Å². The van der Waals surface area contributed by atoms with Crippen LogP contribution in [0.2, 0.25) is 0 Å². The molecule has 2 amide bonds. The molecule has 0 aliphatic carbocycles. The molecule has 2 aromatic rings. The molecule has 2 N–H and O–H groups in total. The van der Waals surface area contributed by atoms with Gasteiger partial charge in [0.1, 0.15) is 23.9 Å². The summed E-state index contributed by atoms with van der Waals surface area (Å²) < 4.78 is 18.8. The van der Waals surface area contributed by atoms with Gasteiger partial charge >= 0.3 is 0 Å². The fraction of sp³-hybridized carbons (Fsp3) is 0.300. The largest absolute Gasteiger partial charge is 0.506 e. The third kappa shape index (κ3) is 4.00. The number of ether oxygens (including phenoxy) is 1. The van der Waals surface area contributed by atoms with Gasteiger partial charge in [0.05, 0.1) is 23.8 Å². The number of carbonyl (C=O) groups is 2. The van der Waals surface area contributed by atoms with Crippen molar-refractivity contribution in [2.75, 3.05) is 38.0 Å². The molecule has 0 unspecified atom stereocenters. The van der Waals surface area contributed by atoms with Crippen molar-refractivity contribution < 1.29 is 23.8 Å². The Bertz CT molecular complexity index is 916. The number of nitrogens with one attached hydrogen (secondary N) is 1. The second-order valence-corrected chi connectivity index (χ2v) is 6.87. The second-order valence-electron chi connectivity index (χ2n) is 6.87. The summed E-state index contributed by atoms with van der Waals surface area (Å²) in [5.74, 6) is -0.741. The first kappa shape index (κ1) is 19.5. The highest BCUT2D eigenvalue weighted by Crippen LogP contribution is 2.35. The molecule has 148 valence electrons. The number of aromatic hydroxyl groups is 1. The lowest BCUT2D eigenvalue weighted by Crippen LogP contribution is -2.42. The highest BCUT2D eigenvalue weighted by atomic mass is 19.1. The van der Waals surface area contributed by atoms with Gasteiger partial charge in [0, 0.05) is 32.8 Å². The number of phenols is 1. The number of hydrogen-bond donors (Lipinski definition) is 2. The lowest BCUT2D eigenvalue weighted by Gasteiger charge is -2.35. The van der Waals surface area contributed by atoms with Crippen LogP contribution >= 0.6 is 0 Å². The first-order chi connectivity index (χ1) is 13.3. The van der Waals surface area contributed by atoms with Gasteiger partial charge in [0.15, 0.2) is 0 Å². The van der Waals surface area contributed by atoms with Crippen LogP contribution in [0.1, 0.15) is 16.8 Å². The van der Waals surface area contributed by atoms with E-state index in [0.717, 1.165) is 17.8 Å². The molecule has 0 bridgehead atoms. The highest BCUT2D eigenvalue weighted by molar-refractivity contribution is 5.96. The number of likely N-dealkylation sites (N-methyl/N-ethyl adjacent to an activating group) is 1. The van der Waals surface area contributed by atoms with Crippen molar-refractivity contribution in [3.8, 4) is 11.5 Å². The van der Waals surface area contributed by atoms with Crippen molar-refractivity contribution in [3.63, 3.8) is 0 Å². The molecule has 1 atom stereocenters. The Hall–Kier alpha value is -3.29. The van der Waals surface area contributed by atoms with Crippen molar-refractivity contribution in [1.82, 2.24) is 4.90 Å². The van der Waals surface area contributed by atoms with Crippen molar-refractivity contribution >= 4 is 23.2 Å². The molecule has 3 rings (SSSR count). The predicted octanol–water partition coefficient (Wildman–Crippen LogP) is 2.46. The fourth-order valence-electron chi connectivity index (χ4n) is 3.02. The molecular weight excluding hydrogens is 365 g/mol. The van der Waals surface area contributed by atoms with E-state index in [1.807, 2.05) is 11.9 Å². The summed E-state index contributed by atoms with van der Waals surface area (Å²) in [6.45, 7) is 0.299. The molecule has 0 spiro atoms. The lowest BCUT2D eigenvalue weighted by atomic mass is 10.1. The first-order valence-corrected chi connectivity index (χ1v) is 8.76. The maximum atomic E-state index is 13.1. The molecule has 28 heavy (non-hydrogen) atoms. The molecule has 1 aliphatic rings. The molecule has 7 nitrogen and oxygen atoms in total. The summed E-state index contributed by atoms with van der Waals surface area (Å²) >= 11 is 0. The van der Waals surface area contributed by atoms with Crippen LogP contribution in [0.3, 0.4) is 0 Å². The third-order valence-corrected chi connectivity index (χ3v) is 4.63. The maximum absolute atomic E-state index is 13.1. The van der Waals surface area contributed by atoms with Gasteiger partial charge in [-0.05, 0) is 30.3 Å². The van der Waals surface area contributed by atoms with E-state index in [4.69, 9.17) is 4.74 Å². The zero-order chi connectivity index (χ0) is 20.4. The Morgan fingerprint density at radius 3 is 2.71 bits per heavy atom. The Morgan fingerprint density at radius 1 is 1.29 bits per heavy atom. The van der Waals surface area contributed by atoms with Gasteiger partial charge in [-0.1, -0.05) is 0 Å². The molecule has 1 aliphatic heterocycles. The van der Waals surface area contributed by atoms with E-state index in [0.29, 0.717) is 17.9 Å². The van der Waals surface area contributed by atoms with Crippen molar-refractivity contribution in [3.05, 3.63) is 47.8 Å². The number of nitrogens with zero attached hydrogens (tertiary/aromatic N) is 2. The first-order valence-electron chi connectivity index (χ1n) is 8.76. The summed E-state index contributed by atoms with van der Waals surface area (Å²) in [6.07, 6.45) is 0.0958. The normalized spacial score (nSPS) is 15.4. The molecule has 0 fully saturated rings. The SMILES string of the molecule is CN(C)C(=O)c1ccc2c(c1)N(C)[C@@H](CC(=O)Nc1ccc(F)cc1O)CO2. The third-order valence-electron chi connectivity index (χ3n) is 4.63. The average molecular weight is 387 g/mol. The number of benzene rings is 2. The van der Waals surface area contributed by atoms with Crippen LogP contribution < -0.4 is 15.0 Å². The van der Waals surface area contributed by atoms with Crippen LogP contribution in [0.4, 0.5) is 15.8 Å². The zero-order valence-electron chi connectivity index (χ0n) is 15.9. The lowest BCUT2D eigenvalue weighted by molar-refractivity contribution is -0.116. The van der Waals surface area contributed by atoms with Gasteiger partial charge in [-0.3, -0.25) is 9.59 Å². The van der Waals surface area contributed by atoms with Gasteiger partial charge in [-0.15, -0.1) is 0 Å². The quantitative estimate of drug-likeness (QED) is 0.788. The van der Waals surface area contributed by atoms with Crippen LogP contribution in [0.25, 0.3) is 0 Å². The standard InChI is InChI=1S/C20H22FN3O4/c1-23(2)20(27)12-4-7-18-16(8-12)24(3)14(11-28-18)10-19(26)22-15-6-5-13(21)9-17(15)25/h4-9,14,25H,10-11H2,1-3H3,(H,22,26)/t14-/m0/s1. The van der Waals surface area contributed by atoms with Gasteiger partial charge in [0.25, 0.3) is 5.91 Å². The summed E-state index contributed by atoms with van der Waals surface area (Å²) in [5.41, 5.74) is 1.40. The van der Waals surface area contributed by atoms with Gasteiger partial charge in [-0.25, -0.2) is 4.39 Å². The van der Waals surface area contributed by atoms with E-state index in [1.165, 1.54) is 11.0 Å². The highest BCUT2D eigenvalue weighted by Gasteiger charge is 2.28. The zero-order valence-corrected chi connectivity index (χ0v) is 15.9. The molecule has 0 saturated carbocycles. The Kier molecular flexibility index (Phi) is 5.39. The summed E-state index contributed by atoms with van der Waals surface area (Å²) in [7, 11) is 5.19. The number of anilines is 2. The van der Waals surface area contributed by atoms with E-state index in [2.05, 4.69) is 5.32 Å². The van der Waals surface area contributed by atoms with E-state index < -0.39 is 5.82 Å². The predicted molar refractivity (Wildman–Crippen MR) is 103 cm³/mol. The van der Waals surface area contributed by atoms with Gasteiger partial charge in [-0.2, -0.15) is 0 Å². The minimum absolute atomic E-state index is 0.0958. The molecular formula is C20H22FN3O4. The Labute approximate surface area is 162 Å². The van der Waals surface area contributed by atoms with Crippen molar-refractivity contribution in [2.45, 2.75) is 12.5 Å². The van der Waals surface area contributed by atoms with Crippen molar-refractivity contribution in [1.29, 1.82) is 0 Å². The minimum Gasteiger partial charge on any atom is -0.506 e. The summed E-state index contributed by atoms with van der Waals surface area (Å²) in [4.78, 5) is 28.0. The minimum atomic E-state index is -0.587. The number of halogens is 1. The number of fused-ring (bicyclic) bond motifs is 1. The van der Waals surface area contributed by atoms with Gasteiger partial charge < -0.3 is 25.0 Å². The van der Waals surface area contributed by atoms with Crippen molar-refractivity contribution in [2.24, 2.45) is 0 Å². The number of hydrogen-bond acceptors (Lipinski definition) is 5. The molecule has 0 radical (unpaired) electrons. The van der Waals surface area contributed by atoms with E-state index >= 15 is 0 Å². The number of amides is 2. The second kappa shape index (κ2) is 7.75. The van der Waals surface area contributed by atoms with Crippen LogP contribution in [0.15, 0.2) is 36.4 Å². The maximum Gasteiger partial charge on any atom is 0.253 e. The molecule has 0 saturated heterocycles. The number of carbonyl (C=O) groups excluding carboxylic acids is 2. The van der Waals surface area contributed by atoms with Crippen LogP contribution in [0, 0.1) is 5.82 Å². The Morgan fingerprint density at radius 2 is 2.04 bits per heavy atom. The molecule has 0 aromatic heterocycles. The smallest absolute Gasteiger partial charge is 0.253 e. The average Bonchev–Trinajstić information content (AvgIpc) is 2.65. The van der Waals surface area contributed by atoms with Gasteiger partial charge in [0.2, 0.25) is 5.91 Å². The topological polar surface area (TPSA) is 82.1 Å². The molecule has 2 aromatic carbocycles. The number of rotatable bonds is 4. The molecule has 8 heteroatoms. The summed E-state index contributed by atoms with van der Waals surface area (Å²) in [6, 6.07) is 8.33. The fourth-order valence-corrected chi connectivity index (χ4v) is 3.02. The van der Waals surface area contributed by atoms with Crippen LogP contribution in [0.5, 0.6) is 11.5 Å². The van der Waals surface area contributed by atoms with E-state index in [9.17, 15) is 19.1 Å². The van der Waals surface area contributed by atoms with E-state index in [1.54, 1.807) is 32.3 Å². The molecule has 1 heterocycles. The number of phenolic OH excluding ortho intramolecular Hbond substituents is 1. The van der Waals surface area contributed by atoms with Crippen LogP contribution in [-0.2, 0) is 4.79 Å². The Balaban J connectivity index is 1.72. The summed E-state index contributed by atoms with van der Waals surface area (Å²) in [5, 5.41) is 12.3. The monoisotopic (exact) mass is 387 g/mol.